The Morgan fingerprint density at radius 1 is 1.41 bits per heavy atom. The number of nitrogens with one attached hydrogen (secondary N) is 1. The molecule has 0 bridgehead atoms. The number of nitrogens with zero attached hydrogens (tertiary/aromatic N) is 1. The van der Waals surface area contributed by atoms with Gasteiger partial charge in [-0.15, -0.1) is 0 Å². The third kappa shape index (κ3) is 4.55. The summed E-state index contributed by atoms with van der Waals surface area (Å²) >= 11 is 0. The van der Waals surface area contributed by atoms with Gasteiger partial charge in [0, 0.05) is 19.1 Å². The fourth-order valence-electron chi connectivity index (χ4n) is 2.90. The molecule has 22 heavy (non-hydrogen) atoms. The van der Waals surface area contributed by atoms with Gasteiger partial charge in [0.05, 0.1) is 18.1 Å². The standard InChI is InChI=1S/C16H24N2O3S/c1-3-18(15-7-8-22(20,21)12-15)16(19)11-17-10-14-6-4-5-13(2)9-14/h4-6,9,15,17H,3,7-8,10-12H2,1-2H3. The summed E-state index contributed by atoms with van der Waals surface area (Å²) in [6.07, 6.45) is 0.555. The van der Waals surface area contributed by atoms with E-state index >= 15 is 0 Å². The summed E-state index contributed by atoms with van der Waals surface area (Å²) in [5.74, 6) is 0.264. The molecule has 0 radical (unpaired) electrons. The van der Waals surface area contributed by atoms with Crippen molar-refractivity contribution in [3.05, 3.63) is 35.4 Å². The zero-order chi connectivity index (χ0) is 16.2. The maximum absolute atomic E-state index is 12.3. The summed E-state index contributed by atoms with van der Waals surface area (Å²) < 4.78 is 23.1. The molecule has 1 aromatic rings. The van der Waals surface area contributed by atoms with Gasteiger partial charge >= 0.3 is 0 Å². The van der Waals surface area contributed by atoms with Gasteiger partial charge in [-0.05, 0) is 25.8 Å². The third-order valence-corrected chi connectivity index (χ3v) is 5.75. The molecule has 5 nitrogen and oxygen atoms in total. The third-order valence-electron chi connectivity index (χ3n) is 4.00. The molecule has 1 unspecified atom stereocenters. The van der Waals surface area contributed by atoms with Crippen LogP contribution in [0.2, 0.25) is 0 Å². The van der Waals surface area contributed by atoms with Gasteiger partial charge in [0.25, 0.3) is 0 Å². The van der Waals surface area contributed by atoms with Crippen LogP contribution in [0.1, 0.15) is 24.5 Å². The van der Waals surface area contributed by atoms with E-state index in [1.54, 1.807) is 4.90 Å². The van der Waals surface area contributed by atoms with Gasteiger partial charge in [0.1, 0.15) is 0 Å². The minimum absolute atomic E-state index is 0.0303. The number of carbonyl (C=O) groups is 1. The Kier molecular flexibility index (Phi) is 5.58. The molecule has 6 heteroatoms. The van der Waals surface area contributed by atoms with Crippen LogP contribution in [0, 0.1) is 6.92 Å². The normalized spacial score (nSPS) is 20.0. The summed E-state index contributed by atoms with van der Waals surface area (Å²) in [4.78, 5) is 14.0. The smallest absolute Gasteiger partial charge is 0.236 e. The van der Waals surface area contributed by atoms with Gasteiger partial charge in [-0.3, -0.25) is 4.79 Å². The first-order valence-corrected chi connectivity index (χ1v) is 9.49. The summed E-state index contributed by atoms with van der Waals surface area (Å²) in [5, 5.41) is 3.15. The summed E-state index contributed by atoms with van der Waals surface area (Å²) in [6, 6.07) is 7.97. The van der Waals surface area contributed by atoms with Crippen molar-refractivity contribution in [3.63, 3.8) is 0 Å². The Labute approximate surface area is 132 Å². The Morgan fingerprint density at radius 3 is 2.77 bits per heavy atom. The number of amides is 1. The SMILES string of the molecule is CCN(C(=O)CNCc1cccc(C)c1)C1CCS(=O)(=O)C1. The highest BCUT2D eigenvalue weighted by Gasteiger charge is 2.33. The molecular weight excluding hydrogens is 300 g/mol. The zero-order valence-electron chi connectivity index (χ0n) is 13.2. The summed E-state index contributed by atoms with van der Waals surface area (Å²) in [5.41, 5.74) is 2.33. The average Bonchev–Trinajstić information content (AvgIpc) is 2.80. The monoisotopic (exact) mass is 324 g/mol. The number of benzene rings is 1. The number of rotatable bonds is 6. The van der Waals surface area contributed by atoms with E-state index in [0.717, 1.165) is 5.56 Å². The first-order chi connectivity index (χ1) is 10.4. The van der Waals surface area contributed by atoms with Crippen molar-refractivity contribution in [2.45, 2.75) is 32.9 Å². The minimum atomic E-state index is -2.97. The maximum atomic E-state index is 12.3. The maximum Gasteiger partial charge on any atom is 0.236 e. The molecule has 0 spiro atoms. The molecule has 1 aliphatic rings. The van der Waals surface area contributed by atoms with Crippen LogP contribution in [0.15, 0.2) is 24.3 Å². The lowest BCUT2D eigenvalue weighted by Crippen LogP contribution is -2.45. The van der Waals surface area contributed by atoms with E-state index in [4.69, 9.17) is 0 Å². The lowest BCUT2D eigenvalue weighted by atomic mass is 10.1. The van der Waals surface area contributed by atoms with Crippen LogP contribution in [0.3, 0.4) is 0 Å². The molecule has 122 valence electrons. The van der Waals surface area contributed by atoms with Crippen LogP contribution < -0.4 is 5.32 Å². The second-order valence-corrected chi connectivity index (χ2v) is 8.06. The fraction of sp³-hybridized carbons (Fsp3) is 0.562. The van der Waals surface area contributed by atoms with E-state index < -0.39 is 9.84 Å². The van der Waals surface area contributed by atoms with Crippen molar-refractivity contribution < 1.29 is 13.2 Å². The van der Waals surface area contributed by atoms with Gasteiger partial charge in [-0.2, -0.15) is 0 Å². The Bertz CT molecular complexity index is 628. The van der Waals surface area contributed by atoms with E-state index in [9.17, 15) is 13.2 Å². The molecule has 1 amide bonds. The van der Waals surface area contributed by atoms with Crippen molar-refractivity contribution in [2.24, 2.45) is 0 Å². The number of carbonyl (C=O) groups excluding carboxylic acids is 1. The van der Waals surface area contributed by atoms with E-state index in [0.29, 0.717) is 19.5 Å². The predicted octanol–water partition coefficient (Wildman–Crippen LogP) is 1.12. The predicted molar refractivity (Wildman–Crippen MR) is 87.3 cm³/mol. The van der Waals surface area contributed by atoms with Gasteiger partial charge < -0.3 is 10.2 Å². The van der Waals surface area contributed by atoms with Crippen LogP contribution >= 0.6 is 0 Å². The molecule has 2 rings (SSSR count). The number of sulfone groups is 1. The summed E-state index contributed by atoms with van der Waals surface area (Å²) in [7, 11) is -2.97. The Morgan fingerprint density at radius 2 is 2.18 bits per heavy atom. The second-order valence-electron chi connectivity index (χ2n) is 5.83. The van der Waals surface area contributed by atoms with Crippen LogP contribution in [0.4, 0.5) is 0 Å². The van der Waals surface area contributed by atoms with E-state index in [-0.39, 0.29) is 30.0 Å². The van der Waals surface area contributed by atoms with Gasteiger partial charge in [0.2, 0.25) is 5.91 Å². The molecule has 1 saturated heterocycles. The van der Waals surface area contributed by atoms with E-state index in [1.165, 1.54) is 5.56 Å². The molecule has 1 aromatic carbocycles. The Hall–Kier alpha value is -1.40. The first kappa shape index (κ1) is 17.0. The van der Waals surface area contributed by atoms with Crippen molar-refractivity contribution in [1.82, 2.24) is 10.2 Å². The molecule has 0 aromatic heterocycles. The van der Waals surface area contributed by atoms with Gasteiger partial charge in [-0.25, -0.2) is 8.42 Å². The fourth-order valence-corrected chi connectivity index (χ4v) is 4.63. The molecule has 1 fully saturated rings. The number of aryl methyl sites for hydroxylation is 1. The van der Waals surface area contributed by atoms with Gasteiger partial charge in [-0.1, -0.05) is 29.8 Å². The highest BCUT2D eigenvalue weighted by Crippen LogP contribution is 2.17. The number of likely N-dealkylation sites (N-methyl/N-ethyl adjacent to an activating group) is 1. The molecular formula is C16H24N2O3S. The highest BCUT2D eigenvalue weighted by atomic mass is 32.2. The largest absolute Gasteiger partial charge is 0.338 e. The minimum Gasteiger partial charge on any atom is -0.338 e. The zero-order valence-corrected chi connectivity index (χ0v) is 14.0. The van der Waals surface area contributed by atoms with Crippen molar-refractivity contribution >= 4 is 15.7 Å². The van der Waals surface area contributed by atoms with E-state index in [1.807, 2.05) is 32.0 Å². The summed E-state index contributed by atoms with van der Waals surface area (Å²) in [6.45, 7) is 5.34. The lowest BCUT2D eigenvalue weighted by Gasteiger charge is -2.27. The van der Waals surface area contributed by atoms with Crippen LogP contribution in [-0.2, 0) is 21.2 Å². The average molecular weight is 324 g/mol. The van der Waals surface area contributed by atoms with E-state index in [2.05, 4.69) is 11.4 Å². The molecule has 1 heterocycles. The number of hydrogen-bond acceptors (Lipinski definition) is 4. The molecule has 0 saturated carbocycles. The second kappa shape index (κ2) is 7.24. The molecule has 0 aliphatic carbocycles. The van der Waals surface area contributed by atoms with Crippen LogP contribution in [0.5, 0.6) is 0 Å². The molecule has 1 N–H and O–H groups in total. The van der Waals surface area contributed by atoms with Crippen LogP contribution in [0.25, 0.3) is 0 Å². The van der Waals surface area contributed by atoms with Crippen molar-refractivity contribution in [1.29, 1.82) is 0 Å². The lowest BCUT2D eigenvalue weighted by molar-refractivity contribution is -0.131. The molecule has 1 atom stereocenters. The van der Waals surface area contributed by atoms with Crippen molar-refractivity contribution in [3.8, 4) is 0 Å². The van der Waals surface area contributed by atoms with Crippen molar-refractivity contribution in [2.75, 3.05) is 24.6 Å². The first-order valence-electron chi connectivity index (χ1n) is 7.67. The van der Waals surface area contributed by atoms with Gasteiger partial charge in [0.15, 0.2) is 9.84 Å². The molecule has 1 aliphatic heterocycles. The number of hydrogen-bond donors (Lipinski definition) is 1. The highest BCUT2D eigenvalue weighted by molar-refractivity contribution is 7.91. The quantitative estimate of drug-likeness (QED) is 0.851. The Balaban J connectivity index is 1.85. The topological polar surface area (TPSA) is 66.5 Å². The van der Waals surface area contributed by atoms with Crippen LogP contribution in [-0.4, -0.2) is 49.9 Å².